The Labute approximate surface area is 179 Å². The summed E-state index contributed by atoms with van der Waals surface area (Å²) in [5, 5.41) is 4.33. The quantitative estimate of drug-likeness (QED) is 0.536. The van der Waals surface area contributed by atoms with E-state index < -0.39 is 10.1 Å². The molecule has 0 amide bonds. The van der Waals surface area contributed by atoms with Gasteiger partial charge in [0.25, 0.3) is 15.9 Å². The van der Waals surface area contributed by atoms with Crippen molar-refractivity contribution in [2.45, 2.75) is 18.9 Å². The van der Waals surface area contributed by atoms with Crippen molar-refractivity contribution >= 4 is 27.8 Å². The van der Waals surface area contributed by atoms with Crippen molar-refractivity contribution in [3.05, 3.63) is 18.4 Å². The van der Waals surface area contributed by atoms with Crippen molar-refractivity contribution < 1.29 is 17.0 Å². The van der Waals surface area contributed by atoms with Crippen LogP contribution >= 0.6 is 0 Å². The van der Waals surface area contributed by atoms with Gasteiger partial charge in [-0.15, -0.1) is 5.10 Å². The number of aromatic nitrogens is 5. The molecule has 2 N–H and O–H groups in total. The van der Waals surface area contributed by atoms with Crippen LogP contribution in [0.15, 0.2) is 22.8 Å². The van der Waals surface area contributed by atoms with Crippen LogP contribution in [0.2, 0.25) is 0 Å². The number of nitrogens with zero attached hydrogens (tertiary/aromatic N) is 7. The van der Waals surface area contributed by atoms with Gasteiger partial charge in [0.2, 0.25) is 17.7 Å². The van der Waals surface area contributed by atoms with Crippen LogP contribution in [0.25, 0.3) is 17.4 Å². The van der Waals surface area contributed by atoms with E-state index in [2.05, 4.69) is 29.9 Å². The first-order valence-corrected chi connectivity index (χ1v) is 11.9. The molecule has 3 aromatic rings. The minimum Gasteiger partial charge on any atom is -0.461 e. The van der Waals surface area contributed by atoms with Gasteiger partial charge in [0, 0.05) is 32.2 Å². The summed E-state index contributed by atoms with van der Waals surface area (Å²) in [4.78, 5) is 18.0. The van der Waals surface area contributed by atoms with Crippen molar-refractivity contribution in [2.24, 2.45) is 5.92 Å². The van der Waals surface area contributed by atoms with E-state index >= 15 is 0 Å². The third-order valence-corrected chi connectivity index (χ3v) is 6.33. The number of furan rings is 1. The van der Waals surface area contributed by atoms with Crippen molar-refractivity contribution in [3.63, 3.8) is 0 Å². The highest BCUT2D eigenvalue weighted by Crippen LogP contribution is 2.27. The van der Waals surface area contributed by atoms with Gasteiger partial charge in [0.05, 0.1) is 19.1 Å². The normalized spacial score (nSPS) is 22.7. The highest BCUT2D eigenvalue weighted by molar-refractivity contribution is 7.85. The maximum absolute atomic E-state index is 11.3. The molecule has 2 saturated heterocycles. The molecule has 2 unspecified atom stereocenters. The van der Waals surface area contributed by atoms with Crippen molar-refractivity contribution in [1.29, 1.82) is 0 Å². The zero-order chi connectivity index (χ0) is 21.6. The minimum absolute atomic E-state index is 0.217. The first kappa shape index (κ1) is 20.2. The summed E-state index contributed by atoms with van der Waals surface area (Å²) < 4.78 is 34.3. The van der Waals surface area contributed by atoms with Crippen LogP contribution in [0.5, 0.6) is 0 Å². The molecule has 166 valence electrons. The van der Waals surface area contributed by atoms with Gasteiger partial charge in [-0.3, -0.25) is 9.08 Å². The third-order valence-electron chi connectivity index (χ3n) is 5.77. The molecule has 2 atom stereocenters. The van der Waals surface area contributed by atoms with Crippen LogP contribution in [-0.4, -0.2) is 83.0 Å². The van der Waals surface area contributed by atoms with Crippen LogP contribution in [0.3, 0.4) is 0 Å². The van der Waals surface area contributed by atoms with Crippen LogP contribution in [0.1, 0.15) is 12.8 Å². The van der Waals surface area contributed by atoms with E-state index in [1.165, 1.54) is 4.52 Å². The monoisotopic (exact) mass is 448 g/mol. The number of piperazine rings is 1. The van der Waals surface area contributed by atoms with E-state index in [1.807, 2.05) is 0 Å². The van der Waals surface area contributed by atoms with E-state index in [4.69, 9.17) is 14.3 Å². The summed E-state index contributed by atoms with van der Waals surface area (Å²) in [6.45, 7) is 3.41. The zero-order valence-electron chi connectivity index (χ0n) is 17.1. The minimum atomic E-state index is -3.41. The maximum atomic E-state index is 11.3. The molecule has 2 aliphatic heterocycles. The Bertz CT molecular complexity index is 1180. The van der Waals surface area contributed by atoms with Gasteiger partial charge in [0.1, 0.15) is 0 Å². The average Bonchev–Trinajstić information content (AvgIpc) is 3.41. The fourth-order valence-electron chi connectivity index (χ4n) is 4.24. The van der Waals surface area contributed by atoms with Crippen LogP contribution in [0, 0.1) is 5.92 Å². The van der Waals surface area contributed by atoms with Gasteiger partial charge in [-0.05, 0) is 30.9 Å². The van der Waals surface area contributed by atoms with Crippen molar-refractivity contribution in [1.82, 2.24) is 29.5 Å². The summed E-state index contributed by atoms with van der Waals surface area (Å²) in [6, 6.07) is 3.89. The Balaban J connectivity index is 1.29. The number of nitrogens with two attached hydrogens (primary N) is 1. The third kappa shape index (κ3) is 4.20. The van der Waals surface area contributed by atoms with Crippen molar-refractivity contribution in [3.8, 4) is 11.6 Å². The van der Waals surface area contributed by atoms with Crippen molar-refractivity contribution in [2.75, 3.05) is 49.7 Å². The number of piperidine rings is 1. The molecule has 5 rings (SSSR count). The SMILES string of the molecule is CS(=O)(=O)OCC1CCC2CN(c3nc(N)n4nc(-c5ccco5)nc4n3)CCN2C1. The standard InChI is InChI=1S/C18H24N8O4S/c1-31(27,28)30-11-12-4-5-13-10-25(7-6-24(13)9-12)17-21-16(19)26-18(22-17)20-15(23-26)14-3-2-8-29-14/h2-3,8,12-13H,4-7,9-11H2,1H3,(H2,19,20,21,22,23). The first-order chi connectivity index (χ1) is 14.9. The molecule has 0 bridgehead atoms. The topological polar surface area (TPSA) is 145 Å². The second-order valence-electron chi connectivity index (χ2n) is 8.03. The Morgan fingerprint density at radius 2 is 2.10 bits per heavy atom. The van der Waals surface area contributed by atoms with E-state index in [9.17, 15) is 8.42 Å². The second kappa shape index (κ2) is 7.73. The molecular weight excluding hydrogens is 424 g/mol. The molecule has 0 aliphatic carbocycles. The smallest absolute Gasteiger partial charge is 0.264 e. The number of hydrogen-bond donors (Lipinski definition) is 1. The Kier molecular flexibility index (Phi) is 5.02. The van der Waals surface area contributed by atoms with Gasteiger partial charge < -0.3 is 15.1 Å². The predicted molar refractivity (Wildman–Crippen MR) is 112 cm³/mol. The Morgan fingerprint density at radius 3 is 2.87 bits per heavy atom. The summed E-state index contributed by atoms with van der Waals surface area (Å²) in [5.74, 6) is 2.29. The number of rotatable bonds is 5. The fourth-order valence-corrected chi connectivity index (χ4v) is 4.68. The van der Waals surface area contributed by atoms with Gasteiger partial charge >= 0.3 is 0 Å². The maximum Gasteiger partial charge on any atom is 0.264 e. The van der Waals surface area contributed by atoms with E-state index in [0.29, 0.717) is 29.4 Å². The first-order valence-electron chi connectivity index (χ1n) is 10.1. The number of nitrogen functional groups attached to an aromatic ring is 1. The second-order valence-corrected chi connectivity index (χ2v) is 9.68. The van der Waals surface area contributed by atoms with Gasteiger partial charge in [-0.2, -0.15) is 27.9 Å². The fraction of sp³-hybridized carbons (Fsp3) is 0.556. The molecule has 0 radical (unpaired) electrons. The van der Waals surface area contributed by atoms with Crippen LogP contribution < -0.4 is 10.6 Å². The highest BCUT2D eigenvalue weighted by Gasteiger charge is 2.34. The van der Waals surface area contributed by atoms with E-state index in [1.54, 1.807) is 18.4 Å². The number of fused-ring (bicyclic) bond motifs is 2. The summed E-state index contributed by atoms with van der Waals surface area (Å²) in [5.41, 5.74) is 6.13. The zero-order valence-corrected chi connectivity index (χ0v) is 17.9. The molecule has 0 spiro atoms. The lowest BCUT2D eigenvalue weighted by Crippen LogP contribution is -2.57. The summed E-state index contributed by atoms with van der Waals surface area (Å²) in [7, 11) is -3.41. The summed E-state index contributed by atoms with van der Waals surface area (Å²) >= 11 is 0. The molecule has 12 nitrogen and oxygen atoms in total. The largest absolute Gasteiger partial charge is 0.461 e. The molecular formula is C18H24N8O4S. The molecule has 0 saturated carbocycles. The molecule has 2 fully saturated rings. The lowest BCUT2D eigenvalue weighted by molar-refractivity contribution is 0.0741. The Hall–Kier alpha value is -2.77. The molecule has 13 heteroatoms. The van der Waals surface area contributed by atoms with E-state index in [0.717, 1.165) is 45.3 Å². The molecule has 3 aromatic heterocycles. The van der Waals surface area contributed by atoms with Crippen LogP contribution in [-0.2, 0) is 14.3 Å². The van der Waals surface area contributed by atoms with Gasteiger partial charge in [-0.1, -0.05) is 0 Å². The average molecular weight is 449 g/mol. The lowest BCUT2D eigenvalue weighted by Gasteiger charge is -2.46. The lowest BCUT2D eigenvalue weighted by atomic mass is 9.92. The predicted octanol–water partition coefficient (Wildman–Crippen LogP) is 0.238. The number of hydrogen-bond acceptors (Lipinski definition) is 11. The highest BCUT2D eigenvalue weighted by atomic mass is 32.2. The van der Waals surface area contributed by atoms with Gasteiger partial charge in [0.15, 0.2) is 5.76 Å². The Morgan fingerprint density at radius 1 is 1.23 bits per heavy atom. The van der Waals surface area contributed by atoms with Gasteiger partial charge in [-0.25, -0.2) is 0 Å². The molecule has 2 aliphatic rings. The molecule has 5 heterocycles. The number of anilines is 2. The van der Waals surface area contributed by atoms with Crippen LogP contribution in [0.4, 0.5) is 11.9 Å². The molecule has 0 aromatic carbocycles. The summed E-state index contributed by atoms with van der Waals surface area (Å²) in [6.07, 6.45) is 4.53. The van der Waals surface area contributed by atoms with E-state index in [-0.39, 0.29) is 18.5 Å². The molecule has 31 heavy (non-hydrogen) atoms.